The molecule has 2 rings (SSSR count). The van der Waals surface area contributed by atoms with Crippen molar-refractivity contribution in [1.29, 1.82) is 0 Å². The second-order valence-corrected chi connectivity index (χ2v) is 6.27. The Morgan fingerprint density at radius 3 is 2.44 bits per heavy atom. The van der Waals surface area contributed by atoms with E-state index in [1.165, 1.54) is 0 Å². The Hall–Kier alpha value is -2.27. The van der Waals surface area contributed by atoms with E-state index in [9.17, 15) is 4.79 Å². The van der Waals surface area contributed by atoms with Crippen molar-refractivity contribution >= 4 is 33.2 Å². The summed E-state index contributed by atoms with van der Waals surface area (Å²) < 4.78 is 6.23. The summed E-state index contributed by atoms with van der Waals surface area (Å²) in [6, 6.07) is 13.1. The largest absolute Gasteiger partial charge is 0.488 e. The zero-order chi connectivity index (χ0) is 18.2. The first-order chi connectivity index (χ1) is 12.1. The number of hydrogen-bond acceptors (Lipinski definition) is 3. The molecular formula is C20H23BrN2O2. The number of ether oxygens (including phenoxy) is 1. The molecule has 4 nitrogen and oxygen atoms in total. The van der Waals surface area contributed by atoms with Crippen LogP contribution in [0, 0.1) is 0 Å². The lowest BCUT2D eigenvalue weighted by atomic mass is 10.2. The third kappa shape index (κ3) is 5.10. The zero-order valence-electron chi connectivity index (χ0n) is 14.6. The van der Waals surface area contributed by atoms with Crippen LogP contribution in [0.5, 0.6) is 5.75 Å². The average molecular weight is 403 g/mol. The van der Waals surface area contributed by atoms with Crippen LogP contribution in [0.2, 0.25) is 0 Å². The molecular weight excluding hydrogens is 380 g/mol. The fourth-order valence-electron chi connectivity index (χ4n) is 2.46. The lowest BCUT2D eigenvalue weighted by Crippen LogP contribution is -2.21. The van der Waals surface area contributed by atoms with Gasteiger partial charge < -0.3 is 15.0 Å². The number of benzene rings is 2. The third-order valence-corrected chi connectivity index (χ3v) is 4.42. The van der Waals surface area contributed by atoms with Gasteiger partial charge in [-0.3, -0.25) is 4.79 Å². The molecule has 1 N–H and O–H groups in total. The second kappa shape index (κ2) is 9.28. The van der Waals surface area contributed by atoms with Crippen LogP contribution < -0.4 is 15.0 Å². The molecule has 5 heteroatoms. The Balaban J connectivity index is 2.06. The number of nitrogens with zero attached hydrogens (tertiary/aromatic N) is 1. The van der Waals surface area contributed by atoms with Crippen LogP contribution in [0.15, 0.2) is 59.6 Å². The normalized spacial score (nSPS) is 10.2. The molecule has 2 aromatic rings. The maximum atomic E-state index is 12.4. The van der Waals surface area contributed by atoms with E-state index < -0.39 is 0 Å². The molecule has 1 amide bonds. The van der Waals surface area contributed by atoms with E-state index in [4.69, 9.17) is 4.74 Å². The van der Waals surface area contributed by atoms with E-state index in [0.717, 1.165) is 28.9 Å². The molecule has 0 aliphatic rings. The van der Waals surface area contributed by atoms with Gasteiger partial charge in [-0.25, -0.2) is 0 Å². The van der Waals surface area contributed by atoms with Crippen LogP contribution in [0.3, 0.4) is 0 Å². The van der Waals surface area contributed by atoms with Crippen molar-refractivity contribution in [3.63, 3.8) is 0 Å². The van der Waals surface area contributed by atoms with Crippen molar-refractivity contribution in [3.05, 3.63) is 65.2 Å². The molecule has 0 saturated carbocycles. The van der Waals surface area contributed by atoms with Crippen molar-refractivity contribution < 1.29 is 9.53 Å². The van der Waals surface area contributed by atoms with Crippen molar-refractivity contribution in [3.8, 4) is 5.75 Å². The molecule has 0 bridgehead atoms. The van der Waals surface area contributed by atoms with Gasteiger partial charge >= 0.3 is 0 Å². The Morgan fingerprint density at radius 1 is 1.20 bits per heavy atom. The van der Waals surface area contributed by atoms with Crippen molar-refractivity contribution in [1.82, 2.24) is 0 Å². The highest BCUT2D eigenvalue weighted by molar-refractivity contribution is 9.10. The van der Waals surface area contributed by atoms with Gasteiger partial charge in [0.05, 0.1) is 4.47 Å². The Labute approximate surface area is 157 Å². The average Bonchev–Trinajstić information content (AvgIpc) is 2.63. The summed E-state index contributed by atoms with van der Waals surface area (Å²) in [4.78, 5) is 14.7. The van der Waals surface area contributed by atoms with Gasteiger partial charge in [-0.05, 0) is 72.2 Å². The summed E-state index contributed by atoms with van der Waals surface area (Å²) in [5.41, 5.74) is 2.48. The predicted molar refractivity (Wildman–Crippen MR) is 108 cm³/mol. The van der Waals surface area contributed by atoms with E-state index in [1.54, 1.807) is 24.3 Å². The molecule has 0 aliphatic carbocycles. The summed E-state index contributed by atoms with van der Waals surface area (Å²) in [5.74, 6) is 0.520. The number of carbonyl (C=O) groups excluding carboxylic acids is 1. The number of halogens is 1. The lowest BCUT2D eigenvalue weighted by molar-refractivity contribution is 0.102. The minimum Gasteiger partial charge on any atom is -0.488 e. The fraction of sp³-hybridized carbons (Fsp3) is 0.250. The number of amides is 1. The summed E-state index contributed by atoms with van der Waals surface area (Å²) in [5, 5.41) is 2.91. The highest BCUT2D eigenvalue weighted by atomic mass is 79.9. The van der Waals surface area contributed by atoms with E-state index in [0.29, 0.717) is 17.9 Å². The minimum atomic E-state index is -0.161. The predicted octanol–water partition coefficient (Wildman–Crippen LogP) is 5.11. The smallest absolute Gasteiger partial charge is 0.255 e. The highest BCUT2D eigenvalue weighted by Gasteiger charge is 2.10. The first-order valence-electron chi connectivity index (χ1n) is 8.28. The Morgan fingerprint density at radius 2 is 1.88 bits per heavy atom. The standard InChI is InChI=1S/C20H23BrN2O2/c1-4-13-25-19-12-7-15(14-18(19)21)20(24)22-16-8-10-17(11-9-16)23(5-2)6-3/h4,7-12,14H,1,5-6,13H2,2-3H3,(H,22,24). The SMILES string of the molecule is C=CCOc1ccc(C(=O)Nc2ccc(N(CC)CC)cc2)cc1Br. The number of nitrogens with one attached hydrogen (secondary N) is 1. The van der Waals surface area contributed by atoms with Gasteiger partial charge in [0.1, 0.15) is 12.4 Å². The Bertz CT molecular complexity index is 725. The van der Waals surface area contributed by atoms with E-state index in [1.807, 2.05) is 24.3 Å². The molecule has 0 atom stereocenters. The summed E-state index contributed by atoms with van der Waals surface area (Å²) >= 11 is 3.43. The topological polar surface area (TPSA) is 41.6 Å². The summed E-state index contributed by atoms with van der Waals surface area (Å²) in [6.45, 7) is 10.2. The fourth-order valence-corrected chi connectivity index (χ4v) is 2.95. The van der Waals surface area contributed by atoms with Crippen LogP contribution in [-0.2, 0) is 0 Å². The first kappa shape index (κ1) is 19.1. The van der Waals surface area contributed by atoms with Gasteiger partial charge in [-0.2, -0.15) is 0 Å². The molecule has 0 fully saturated rings. The van der Waals surface area contributed by atoms with Crippen LogP contribution in [0.4, 0.5) is 11.4 Å². The number of hydrogen-bond donors (Lipinski definition) is 1. The van der Waals surface area contributed by atoms with Gasteiger partial charge in [0.25, 0.3) is 5.91 Å². The molecule has 0 saturated heterocycles. The number of rotatable bonds is 8. The number of anilines is 2. The quantitative estimate of drug-likeness (QED) is 0.623. The monoisotopic (exact) mass is 402 g/mol. The van der Waals surface area contributed by atoms with Crippen molar-refractivity contribution in [2.75, 3.05) is 29.9 Å². The van der Waals surface area contributed by atoms with Gasteiger partial charge in [0, 0.05) is 30.0 Å². The first-order valence-corrected chi connectivity index (χ1v) is 9.08. The summed E-state index contributed by atoms with van der Waals surface area (Å²) in [6.07, 6.45) is 1.68. The molecule has 0 unspecified atom stereocenters. The van der Waals surface area contributed by atoms with Crippen LogP contribution in [0.1, 0.15) is 24.2 Å². The van der Waals surface area contributed by atoms with E-state index >= 15 is 0 Å². The third-order valence-electron chi connectivity index (χ3n) is 3.80. The molecule has 0 radical (unpaired) electrons. The maximum absolute atomic E-state index is 12.4. The molecule has 0 heterocycles. The second-order valence-electron chi connectivity index (χ2n) is 5.42. The highest BCUT2D eigenvalue weighted by Crippen LogP contribution is 2.26. The maximum Gasteiger partial charge on any atom is 0.255 e. The van der Waals surface area contributed by atoms with E-state index in [2.05, 4.69) is 46.6 Å². The van der Waals surface area contributed by atoms with Crippen LogP contribution >= 0.6 is 15.9 Å². The summed E-state index contributed by atoms with van der Waals surface area (Å²) in [7, 11) is 0. The number of carbonyl (C=O) groups is 1. The van der Waals surface area contributed by atoms with Gasteiger partial charge in [0.2, 0.25) is 0 Å². The van der Waals surface area contributed by atoms with Crippen LogP contribution in [0.25, 0.3) is 0 Å². The Kier molecular flexibility index (Phi) is 7.07. The van der Waals surface area contributed by atoms with Crippen molar-refractivity contribution in [2.45, 2.75) is 13.8 Å². The lowest BCUT2D eigenvalue weighted by Gasteiger charge is -2.21. The van der Waals surface area contributed by atoms with Crippen molar-refractivity contribution in [2.24, 2.45) is 0 Å². The molecule has 2 aromatic carbocycles. The van der Waals surface area contributed by atoms with Gasteiger partial charge in [-0.15, -0.1) is 0 Å². The molecule has 0 aromatic heterocycles. The molecule has 0 aliphatic heterocycles. The van der Waals surface area contributed by atoms with Crippen LogP contribution in [-0.4, -0.2) is 25.6 Å². The molecule has 132 valence electrons. The van der Waals surface area contributed by atoms with Gasteiger partial charge in [0.15, 0.2) is 0 Å². The van der Waals surface area contributed by atoms with E-state index in [-0.39, 0.29) is 5.91 Å². The van der Waals surface area contributed by atoms with Gasteiger partial charge in [-0.1, -0.05) is 12.7 Å². The molecule has 25 heavy (non-hydrogen) atoms. The minimum absolute atomic E-state index is 0.161. The zero-order valence-corrected chi connectivity index (χ0v) is 16.2. The molecule has 0 spiro atoms.